The zero-order valence-corrected chi connectivity index (χ0v) is 18.7. The van der Waals surface area contributed by atoms with Gasteiger partial charge < -0.3 is 19.9 Å². The molecule has 2 aromatic rings. The highest BCUT2D eigenvalue weighted by Gasteiger charge is 2.43. The summed E-state index contributed by atoms with van der Waals surface area (Å²) in [6.07, 6.45) is -2.05. The Morgan fingerprint density at radius 3 is 2.26 bits per heavy atom. The van der Waals surface area contributed by atoms with E-state index in [1.54, 1.807) is 6.92 Å². The highest BCUT2D eigenvalue weighted by atomic mass is 16.5. The Morgan fingerprint density at radius 1 is 1.12 bits per heavy atom. The Bertz CT molecular complexity index is 1090. The molecule has 3 N–H and O–H groups in total. The van der Waals surface area contributed by atoms with Gasteiger partial charge in [0.05, 0.1) is 12.5 Å². The van der Waals surface area contributed by atoms with Crippen LogP contribution in [-0.4, -0.2) is 65.9 Å². The van der Waals surface area contributed by atoms with Crippen LogP contribution in [0.15, 0.2) is 48.5 Å². The van der Waals surface area contributed by atoms with E-state index in [1.807, 2.05) is 48.5 Å². The summed E-state index contributed by atoms with van der Waals surface area (Å²) in [6.45, 7) is 1.58. The molecule has 1 fully saturated rings. The minimum atomic E-state index is -1.38. The highest BCUT2D eigenvalue weighted by molar-refractivity contribution is 5.96. The molecule has 1 aliphatic heterocycles. The standard InChI is InChI=1S/C24H25N3O7/c1-13(33-2)21(22(29)27-19(23(30)31)11-20(28)26-27)25-24(32)34-12-18-16-9-5-3-7-14(16)15-8-4-6-10-17(15)18/h3-10,13,18-19,21H,11-12H2,1-2H3,(H,25,32)(H,26,28)(H,30,31). The number of carboxylic acid groups (broad SMARTS) is 1. The van der Waals surface area contributed by atoms with Crippen LogP contribution in [0.4, 0.5) is 4.79 Å². The molecule has 3 unspecified atom stereocenters. The summed E-state index contributed by atoms with van der Waals surface area (Å²) in [5.74, 6) is -2.93. The number of hydrogen-bond donors (Lipinski definition) is 3. The Labute approximate surface area is 195 Å². The van der Waals surface area contributed by atoms with Gasteiger partial charge in [-0.15, -0.1) is 0 Å². The van der Waals surface area contributed by atoms with Crippen molar-refractivity contribution in [3.63, 3.8) is 0 Å². The van der Waals surface area contributed by atoms with E-state index in [-0.39, 0.29) is 18.9 Å². The number of carboxylic acids is 1. The Balaban J connectivity index is 1.47. The molecule has 0 spiro atoms. The molecule has 2 aliphatic rings. The molecule has 1 heterocycles. The minimum absolute atomic E-state index is 0.0420. The predicted octanol–water partition coefficient (Wildman–Crippen LogP) is 1.65. The zero-order chi connectivity index (χ0) is 24.4. The second-order valence-electron chi connectivity index (χ2n) is 8.19. The number of hydrogen-bond acceptors (Lipinski definition) is 6. The fourth-order valence-electron chi connectivity index (χ4n) is 4.36. The van der Waals surface area contributed by atoms with Gasteiger partial charge in [-0.3, -0.25) is 15.0 Å². The molecule has 1 aliphatic carbocycles. The van der Waals surface area contributed by atoms with Gasteiger partial charge in [0.2, 0.25) is 5.91 Å². The number of nitrogens with one attached hydrogen (secondary N) is 2. The lowest BCUT2D eigenvalue weighted by atomic mass is 9.98. The number of aliphatic carboxylic acids is 1. The smallest absolute Gasteiger partial charge is 0.407 e. The number of benzene rings is 2. The summed E-state index contributed by atoms with van der Waals surface area (Å²) in [5.41, 5.74) is 6.48. The minimum Gasteiger partial charge on any atom is -0.480 e. The van der Waals surface area contributed by atoms with Gasteiger partial charge in [-0.05, 0) is 29.2 Å². The fourth-order valence-corrected chi connectivity index (χ4v) is 4.36. The third kappa shape index (κ3) is 4.32. The number of nitrogens with zero attached hydrogens (tertiary/aromatic N) is 1. The molecule has 178 valence electrons. The second-order valence-corrected chi connectivity index (χ2v) is 8.19. The number of carbonyl (C=O) groups excluding carboxylic acids is 3. The molecule has 0 radical (unpaired) electrons. The topological polar surface area (TPSA) is 134 Å². The van der Waals surface area contributed by atoms with Crippen LogP contribution in [0.2, 0.25) is 0 Å². The molecule has 4 rings (SSSR count). The summed E-state index contributed by atoms with van der Waals surface area (Å²) in [5, 5.41) is 12.5. The number of amides is 3. The third-order valence-corrected chi connectivity index (χ3v) is 6.18. The lowest BCUT2D eigenvalue weighted by Crippen LogP contribution is -2.59. The van der Waals surface area contributed by atoms with Crippen LogP contribution in [0, 0.1) is 0 Å². The van der Waals surface area contributed by atoms with Crippen LogP contribution in [0.25, 0.3) is 11.1 Å². The van der Waals surface area contributed by atoms with Crippen LogP contribution >= 0.6 is 0 Å². The first kappa shape index (κ1) is 23.2. The normalized spacial score (nSPS) is 18.5. The predicted molar refractivity (Wildman–Crippen MR) is 119 cm³/mol. The summed E-state index contributed by atoms with van der Waals surface area (Å²) >= 11 is 0. The molecular weight excluding hydrogens is 442 g/mol. The van der Waals surface area contributed by atoms with Crippen molar-refractivity contribution in [3.8, 4) is 11.1 Å². The fraction of sp³-hybridized carbons (Fsp3) is 0.333. The van der Waals surface area contributed by atoms with Crippen molar-refractivity contribution in [2.24, 2.45) is 0 Å². The first-order chi connectivity index (χ1) is 16.3. The lowest BCUT2D eigenvalue weighted by Gasteiger charge is -2.29. The van der Waals surface area contributed by atoms with Crippen LogP contribution in [-0.2, 0) is 23.9 Å². The maximum atomic E-state index is 13.0. The van der Waals surface area contributed by atoms with Gasteiger partial charge >= 0.3 is 12.1 Å². The van der Waals surface area contributed by atoms with Crippen molar-refractivity contribution >= 4 is 23.9 Å². The van der Waals surface area contributed by atoms with Crippen LogP contribution in [0.1, 0.15) is 30.4 Å². The van der Waals surface area contributed by atoms with Gasteiger partial charge in [-0.1, -0.05) is 48.5 Å². The SMILES string of the molecule is COC(C)C(NC(=O)OCC1c2ccccc2-c2ccccc21)C(=O)N1NC(=O)CC1C(=O)O. The van der Waals surface area contributed by atoms with Gasteiger partial charge in [0.25, 0.3) is 5.91 Å². The monoisotopic (exact) mass is 467 g/mol. The average Bonchev–Trinajstić information content (AvgIpc) is 3.38. The average molecular weight is 467 g/mol. The van der Waals surface area contributed by atoms with Crippen LogP contribution in [0.5, 0.6) is 0 Å². The first-order valence-corrected chi connectivity index (χ1v) is 10.8. The molecule has 10 heteroatoms. The number of carbonyl (C=O) groups is 4. The second kappa shape index (κ2) is 9.52. The van der Waals surface area contributed by atoms with E-state index in [0.717, 1.165) is 22.3 Å². The van der Waals surface area contributed by atoms with E-state index in [1.165, 1.54) is 7.11 Å². The Kier molecular flexibility index (Phi) is 6.51. The first-order valence-electron chi connectivity index (χ1n) is 10.8. The number of ether oxygens (including phenoxy) is 2. The van der Waals surface area contributed by atoms with E-state index in [4.69, 9.17) is 9.47 Å². The molecule has 3 amide bonds. The highest BCUT2D eigenvalue weighted by Crippen LogP contribution is 2.44. The molecule has 1 saturated heterocycles. The van der Waals surface area contributed by atoms with Crippen LogP contribution < -0.4 is 10.7 Å². The lowest BCUT2D eigenvalue weighted by molar-refractivity contribution is -0.153. The molecule has 2 aromatic carbocycles. The van der Waals surface area contributed by atoms with E-state index in [9.17, 15) is 24.3 Å². The van der Waals surface area contributed by atoms with Crippen molar-refractivity contribution < 1.29 is 33.8 Å². The number of hydrazine groups is 1. The summed E-state index contributed by atoms with van der Waals surface area (Å²) in [6, 6.07) is 13.1. The quantitative estimate of drug-likeness (QED) is 0.564. The summed E-state index contributed by atoms with van der Waals surface area (Å²) in [4.78, 5) is 48.9. The molecular formula is C24H25N3O7. The van der Waals surface area contributed by atoms with E-state index in [2.05, 4.69) is 10.7 Å². The van der Waals surface area contributed by atoms with Crippen molar-refractivity contribution in [3.05, 3.63) is 59.7 Å². The van der Waals surface area contributed by atoms with E-state index < -0.39 is 42.1 Å². The van der Waals surface area contributed by atoms with Crippen molar-refractivity contribution in [2.45, 2.75) is 37.5 Å². The van der Waals surface area contributed by atoms with E-state index >= 15 is 0 Å². The molecule has 3 atom stereocenters. The number of fused-ring (bicyclic) bond motifs is 3. The Hall–Kier alpha value is -3.92. The molecule has 10 nitrogen and oxygen atoms in total. The maximum Gasteiger partial charge on any atom is 0.407 e. The van der Waals surface area contributed by atoms with E-state index in [0.29, 0.717) is 5.01 Å². The van der Waals surface area contributed by atoms with Crippen molar-refractivity contribution in [1.82, 2.24) is 15.8 Å². The molecule has 0 aromatic heterocycles. The van der Waals surface area contributed by atoms with Gasteiger partial charge in [0.15, 0.2) is 6.04 Å². The summed E-state index contributed by atoms with van der Waals surface area (Å²) < 4.78 is 10.7. The van der Waals surface area contributed by atoms with Crippen molar-refractivity contribution in [2.75, 3.05) is 13.7 Å². The molecule has 0 bridgehead atoms. The zero-order valence-electron chi connectivity index (χ0n) is 18.7. The van der Waals surface area contributed by atoms with Gasteiger partial charge in [0, 0.05) is 13.0 Å². The van der Waals surface area contributed by atoms with Crippen LogP contribution in [0.3, 0.4) is 0 Å². The van der Waals surface area contributed by atoms with Gasteiger partial charge in [-0.25, -0.2) is 14.6 Å². The third-order valence-electron chi connectivity index (χ3n) is 6.18. The summed E-state index contributed by atoms with van der Waals surface area (Å²) in [7, 11) is 1.35. The number of alkyl carbamates (subject to hydrolysis) is 1. The number of methoxy groups -OCH3 is 1. The van der Waals surface area contributed by atoms with Gasteiger partial charge in [-0.2, -0.15) is 0 Å². The Morgan fingerprint density at radius 2 is 1.71 bits per heavy atom. The largest absolute Gasteiger partial charge is 0.480 e. The van der Waals surface area contributed by atoms with Crippen molar-refractivity contribution in [1.29, 1.82) is 0 Å². The number of rotatable bonds is 7. The molecule has 34 heavy (non-hydrogen) atoms. The maximum absolute atomic E-state index is 13.0. The molecule has 0 saturated carbocycles. The van der Waals surface area contributed by atoms with Gasteiger partial charge in [0.1, 0.15) is 12.6 Å².